The monoisotopic (exact) mass is 213 g/mol. The molecule has 1 aromatic carbocycles. The Bertz CT molecular complexity index is 284. The van der Waals surface area contributed by atoms with Crippen molar-refractivity contribution in [1.82, 2.24) is 0 Å². The van der Waals surface area contributed by atoms with Crippen LogP contribution in [0.1, 0.15) is 6.92 Å². The van der Waals surface area contributed by atoms with E-state index in [-0.39, 0.29) is 5.75 Å². The van der Waals surface area contributed by atoms with Crippen molar-refractivity contribution in [3.63, 3.8) is 0 Å². The summed E-state index contributed by atoms with van der Waals surface area (Å²) in [6, 6.07) is 6.57. The largest absolute Gasteiger partial charge is 0.508 e. The number of hydrogen-bond acceptors (Lipinski definition) is 4. The van der Waals surface area contributed by atoms with E-state index in [1.807, 2.05) is 0 Å². The Morgan fingerprint density at radius 3 is 2.20 bits per heavy atom. The van der Waals surface area contributed by atoms with Crippen LogP contribution in [0.4, 0.5) is 4.79 Å². The maximum Gasteiger partial charge on any atom is 0.404 e. The Hall–Kier alpha value is -1.91. The Kier molecular flexibility index (Phi) is 6.54. The highest BCUT2D eigenvalue weighted by Gasteiger charge is 1.87. The molecule has 84 valence electrons. The lowest BCUT2D eigenvalue weighted by Gasteiger charge is -1.96. The van der Waals surface area contributed by atoms with Crippen molar-refractivity contribution in [2.75, 3.05) is 13.7 Å². The number of amides is 1. The lowest BCUT2D eigenvalue weighted by Crippen LogP contribution is -2.11. The molecule has 0 heterocycles. The van der Waals surface area contributed by atoms with Gasteiger partial charge in [-0.1, -0.05) is 0 Å². The van der Waals surface area contributed by atoms with E-state index < -0.39 is 6.09 Å². The zero-order valence-corrected chi connectivity index (χ0v) is 8.77. The van der Waals surface area contributed by atoms with Crippen molar-refractivity contribution < 1.29 is 19.4 Å². The highest BCUT2D eigenvalue weighted by Crippen LogP contribution is 2.14. The van der Waals surface area contributed by atoms with Crippen LogP contribution in [-0.4, -0.2) is 24.9 Å². The number of phenolic OH excluding ortho intramolecular Hbond substituents is 1. The number of carbonyl (C=O) groups excluding carboxylic acids is 1. The number of primary amides is 1. The predicted octanol–water partition coefficient (Wildman–Crippen LogP) is 1.50. The molecule has 3 N–H and O–H groups in total. The molecule has 1 aromatic rings. The van der Waals surface area contributed by atoms with Gasteiger partial charge in [-0.3, -0.25) is 0 Å². The normalized spacial score (nSPS) is 8.40. The van der Waals surface area contributed by atoms with Crippen molar-refractivity contribution in [3.8, 4) is 11.5 Å². The second kappa shape index (κ2) is 7.49. The predicted molar refractivity (Wildman–Crippen MR) is 55.9 cm³/mol. The number of benzene rings is 1. The van der Waals surface area contributed by atoms with Gasteiger partial charge in [-0.05, 0) is 31.2 Å². The first-order chi connectivity index (χ1) is 7.10. The smallest absolute Gasteiger partial charge is 0.404 e. The average Bonchev–Trinajstić information content (AvgIpc) is 2.20. The molecule has 0 aliphatic carbocycles. The highest BCUT2D eigenvalue weighted by molar-refractivity contribution is 5.64. The number of aromatic hydroxyl groups is 1. The molecular formula is C10H15NO4. The van der Waals surface area contributed by atoms with Crippen LogP contribution in [0, 0.1) is 0 Å². The number of rotatable bonds is 2. The molecule has 0 aliphatic rings. The van der Waals surface area contributed by atoms with E-state index in [1.54, 1.807) is 38.3 Å². The zero-order valence-electron chi connectivity index (χ0n) is 8.77. The van der Waals surface area contributed by atoms with Gasteiger partial charge in [0.05, 0.1) is 13.7 Å². The summed E-state index contributed by atoms with van der Waals surface area (Å²) >= 11 is 0. The van der Waals surface area contributed by atoms with E-state index >= 15 is 0 Å². The summed E-state index contributed by atoms with van der Waals surface area (Å²) in [4.78, 5) is 9.60. The van der Waals surface area contributed by atoms with E-state index in [2.05, 4.69) is 10.5 Å². The first-order valence-electron chi connectivity index (χ1n) is 4.35. The van der Waals surface area contributed by atoms with Gasteiger partial charge in [0.25, 0.3) is 0 Å². The SMILES string of the molecule is CCOC(N)=O.COc1ccc(O)cc1. The maximum atomic E-state index is 9.60. The van der Waals surface area contributed by atoms with Gasteiger partial charge in [0.2, 0.25) is 0 Å². The lowest BCUT2D eigenvalue weighted by atomic mass is 10.3. The summed E-state index contributed by atoms with van der Waals surface area (Å²) in [6.45, 7) is 2.06. The molecule has 5 nitrogen and oxygen atoms in total. The summed E-state index contributed by atoms with van der Waals surface area (Å²) < 4.78 is 9.04. The molecule has 0 unspecified atom stereocenters. The van der Waals surface area contributed by atoms with Gasteiger partial charge in [0.15, 0.2) is 0 Å². The van der Waals surface area contributed by atoms with E-state index in [9.17, 15) is 4.79 Å². The number of ether oxygens (including phenoxy) is 2. The minimum Gasteiger partial charge on any atom is -0.508 e. The molecule has 1 amide bonds. The highest BCUT2D eigenvalue weighted by atomic mass is 16.5. The van der Waals surface area contributed by atoms with Crippen LogP contribution in [0.5, 0.6) is 11.5 Å². The summed E-state index contributed by atoms with van der Waals surface area (Å²) in [7, 11) is 1.59. The maximum absolute atomic E-state index is 9.60. The fourth-order valence-electron chi connectivity index (χ4n) is 0.724. The average molecular weight is 213 g/mol. The molecule has 0 spiro atoms. The minimum absolute atomic E-state index is 0.260. The van der Waals surface area contributed by atoms with E-state index in [4.69, 9.17) is 9.84 Å². The fourth-order valence-corrected chi connectivity index (χ4v) is 0.724. The number of methoxy groups -OCH3 is 1. The molecule has 0 bridgehead atoms. The number of carbonyl (C=O) groups is 1. The molecule has 0 atom stereocenters. The van der Waals surface area contributed by atoms with Crippen molar-refractivity contribution in [2.45, 2.75) is 6.92 Å². The summed E-state index contributed by atoms with van der Waals surface area (Å²) in [5.74, 6) is 1.02. The van der Waals surface area contributed by atoms with Crippen molar-refractivity contribution >= 4 is 6.09 Å². The van der Waals surface area contributed by atoms with Gasteiger partial charge in [0, 0.05) is 0 Å². The van der Waals surface area contributed by atoms with Crippen LogP contribution in [0.3, 0.4) is 0 Å². The quantitative estimate of drug-likeness (QED) is 0.780. The number of phenols is 1. The third-order valence-corrected chi connectivity index (χ3v) is 1.36. The second-order valence-electron chi connectivity index (χ2n) is 2.45. The van der Waals surface area contributed by atoms with Gasteiger partial charge in [0.1, 0.15) is 11.5 Å². The lowest BCUT2D eigenvalue weighted by molar-refractivity contribution is 0.163. The van der Waals surface area contributed by atoms with E-state index in [1.165, 1.54) is 0 Å². The van der Waals surface area contributed by atoms with Gasteiger partial charge in [-0.2, -0.15) is 0 Å². The Balaban J connectivity index is 0.000000288. The molecule has 5 heteroatoms. The van der Waals surface area contributed by atoms with Gasteiger partial charge >= 0.3 is 6.09 Å². The molecule has 15 heavy (non-hydrogen) atoms. The molecule has 0 radical (unpaired) electrons. The molecule has 1 rings (SSSR count). The molecule has 0 fully saturated rings. The number of hydrogen-bond donors (Lipinski definition) is 2. The molecule has 0 saturated heterocycles. The van der Waals surface area contributed by atoms with Crippen molar-refractivity contribution in [2.24, 2.45) is 5.73 Å². The van der Waals surface area contributed by atoms with E-state index in [0.717, 1.165) is 5.75 Å². The Morgan fingerprint density at radius 2 is 1.93 bits per heavy atom. The fraction of sp³-hybridized carbons (Fsp3) is 0.300. The Labute approximate surface area is 88.4 Å². The standard InChI is InChI=1S/C7H8O2.C3H7NO2/c1-9-7-4-2-6(8)3-5-7;1-2-6-3(4)5/h2-5,8H,1H3;2H2,1H3,(H2,4,5). The number of nitrogens with two attached hydrogens (primary N) is 1. The van der Waals surface area contributed by atoms with Crippen molar-refractivity contribution in [3.05, 3.63) is 24.3 Å². The van der Waals surface area contributed by atoms with Crippen LogP contribution >= 0.6 is 0 Å². The Morgan fingerprint density at radius 1 is 1.40 bits per heavy atom. The van der Waals surface area contributed by atoms with Gasteiger partial charge < -0.3 is 20.3 Å². The van der Waals surface area contributed by atoms with Crippen LogP contribution < -0.4 is 10.5 Å². The summed E-state index contributed by atoms with van der Waals surface area (Å²) in [6.07, 6.45) is -0.711. The van der Waals surface area contributed by atoms with Crippen LogP contribution in [0.2, 0.25) is 0 Å². The molecule has 0 aliphatic heterocycles. The van der Waals surface area contributed by atoms with Crippen LogP contribution in [0.15, 0.2) is 24.3 Å². The topological polar surface area (TPSA) is 81.8 Å². The third-order valence-electron chi connectivity index (χ3n) is 1.36. The van der Waals surface area contributed by atoms with Gasteiger partial charge in [-0.15, -0.1) is 0 Å². The van der Waals surface area contributed by atoms with Gasteiger partial charge in [-0.25, -0.2) is 4.79 Å². The first-order valence-corrected chi connectivity index (χ1v) is 4.35. The van der Waals surface area contributed by atoms with Crippen LogP contribution in [-0.2, 0) is 4.74 Å². The zero-order chi connectivity index (χ0) is 11.7. The first kappa shape index (κ1) is 13.1. The summed E-state index contributed by atoms with van der Waals surface area (Å²) in [5, 5.41) is 8.80. The third kappa shape index (κ3) is 7.18. The molecule has 0 saturated carbocycles. The molecule has 0 aromatic heterocycles. The minimum atomic E-state index is -0.711. The second-order valence-corrected chi connectivity index (χ2v) is 2.45. The summed E-state index contributed by atoms with van der Waals surface area (Å²) in [5.41, 5.74) is 4.54. The van der Waals surface area contributed by atoms with Crippen molar-refractivity contribution in [1.29, 1.82) is 0 Å². The van der Waals surface area contributed by atoms with Crippen LogP contribution in [0.25, 0.3) is 0 Å². The molecular weight excluding hydrogens is 198 g/mol. The van der Waals surface area contributed by atoms with E-state index in [0.29, 0.717) is 6.61 Å².